The van der Waals surface area contributed by atoms with Gasteiger partial charge in [-0.05, 0) is 50.6 Å². The first-order valence-electron chi connectivity index (χ1n) is 10.2. The summed E-state index contributed by atoms with van der Waals surface area (Å²) in [7, 11) is 3.22. The number of methoxy groups -OCH3 is 2. The number of nitrogens with one attached hydrogen (secondary N) is 2. The van der Waals surface area contributed by atoms with E-state index >= 15 is 0 Å². The van der Waals surface area contributed by atoms with E-state index in [4.69, 9.17) is 9.47 Å². The summed E-state index contributed by atoms with van der Waals surface area (Å²) in [6, 6.07) is 13.2. The largest absolute Gasteiger partial charge is 0.493 e. The van der Waals surface area contributed by atoms with Crippen LogP contribution in [0.4, 0.5) is 5.69 Å². The first-order valence-corrected chi connectivity index (χ1v) is 10.2. The number of rotatable bonds is 9. The van der Waals surface area contributed by atoms with Gasteiger partial charge in [0.15, 0.2) is 17.5 Å². The first kappa shape index (κ1) is 26.5. The molecule has 0 aliphatic carbocycles. The van der Waals surface area contributed by atoms with Gasteiger partial charge < -0.3 is 25.0 Å². The predicted molar refractivity (Wildman–Crippen MR) is 137 cm³/mol. The average molecular weight is 540 g/mol. The molecule has 0 spiro atoms. The fraction of sp³-hybridized carbons (Fsp3) is 0.391. The molecular weight excluding hydrogens is 507 g/mol. The number of hydrogen-bond acceptors (Lipinski definition) is 4. The van der Waals surface area contributed by atoms with Gasteiger partial charge >= 0.3 is 0 Å². The zero-order valence-electron chi connectivity index (χ0n) is 18.9. The maximum Gasteiger partial charge on any atom is 0.253 e. The summed E-state index contributed by atoms with van der Waals surface area (Å²) in [6.07, 6.45) is 0. The van der Waals surface area contributed by atoms with Crippen molar-refractivity contribution >= 4 is 41.5 Å². The lowest BCUT2D eigenvalue weighted by atomic mass is 10.1. The summed E-state index contributed by atoms with van der Waals surface area (Å²) in [4.78, 5) is 18.9. The van der Waals surface area contributed by atoms with Crippen molar-refractivity contribution in [3.05, 3.63) is 53.6 Å². The number of ether oxygens (including phenoxy) is 2. The van der Waals surface area contributed by atoms with Crippen LogP contribution in [0, 0.1) is 0 Å². The highest BCUT2D eigenvalue weighted by molar-refractivity contribution is 14.0. The van der Waals surface area contributed by atoms with Gasteiger partial charge in [-0.1, -0.05) is 12.1 Å². The highest BCUT2D eigenvalue weighted by Gasteiger charge is 2.12. The number of guanidine groups is 1. The molecule has 0 bridgehead atoms. The van der Waals surface area contributed by atoms with Crippen LogP contribution < -0.4 is 20.1 Å². The number of benzene rings is 2. The molecule has 0 radical (unpaired) electrons. The molecule has 7 nitrogen and oxygen atoms in total. The van der Waals surface area contributed by atoms with Crippen molar-refractivity contribution in [1.29, 1.82) is 0 Å². The minimum Gasteiger partial charge on any atom is -0.493 e. The van der Waals surface area contributed by atoms with E-state index in [0.29, 0.717) is 42.7 Å². The SMILES string of the molecule is CCNC(=NCc1ccc(C(=O)N(CC)CC)cc1)Nc1ccc(OC)c(OC)c1.I. The van der Waals surface area contributed by atoms with Gasteiger partial charge in [0, 0.05) is 37.0 Å². The molecule has 2 N–H and O–H groups in total. The summed E-state index contributed by atoms with van der Waals surface area (Å²) < 4.78 is 10.6. The third-order valence-corrected chi connectivity index (χ3v) is 4.66. The van der Waals surface area contributed by atoms with Crippen LogP contribution in [-0.2, 0) is 6.54 Å². The molecule has 0 aliphatic rings. The summed E-state index contributed by atoms with van der Waals surface area (Å²) >= 11 is 0. The lowest BCUT2D eigenvalue weighted by Crippen LogP contribution is -2.30. The zero-order valence-corrected chi connectivity index (χ0v) is 21.2. The van der Waals surface area contributed by atoms with E-state index in [9.17, 15) is 4.79 Å². The number of aliphatic imine (C=N–C) groups is 1. The van der Waals surface area contributed by atoms with Crippen LogP contribution in [0.5, 0.6) is 11.5 Å². The topological polar surface area (TPSA) is 75.2 Å². The molecule has 8 heteroatoms. The van der Waals surface area contributed by atoms with Crippen molar-refractivity contribution in [2.45, 2.75) is 27.3 Å². The van der Waals surface area contributed by atoms with Crippen LogP contribution in [0.15, 0.2) is 47.5 Å². The molecule has 2 rings (SSSR count). The van der Waals surface area contributed by atoms with Crippen molar-refractivity contribution in [3.63, 3.8) is 0 Å². The number of anilines is 1. The number of carbonyl (C=O) groups is 1. The number of amides is 1. The summed E-state index contributed by atoms with van der Waals surface area (Å²) in [5.41, 5.74) is 2.56. The van der Waals surface area contributed by atoms with E-state index in [-0.39, 0.29) is 29.9 Å². The van der Waals surface area contributed by atoms with E-state index in [0.717, 1.165) is 17.8 Å². The Balaban J connectivity index is 0.00000480. The summed E-state index contributed by atoms with van der Waals surface area (Å²) in [5.74, 6) is 2.03. The maximum atomic E-state index is 12.4. The lowest BCUT2D eigenvalue weighted by Gasteiger charge is -2.18. The third-order valence-electron chi connectivity index (χ3n) is 4.66. The van der Waals surface area contributed by atoms with Gasteiger partial charge in [0.25, 0.3) is 5.91 Å². The molecule has 2 aromatic rings. The Labute approximate surface area is 202 Å². The standard InChI is InChI=1S/C23H32N4O3.HI/c1-6-24-23(26-19-13-14-20(29-4)21(15-19)30-5)25-16-17-9-11-18(12-10-17)22(28)27(7-2)8-3;/h9-15H,6-8,16H2,1-5H3,(H2,24,25,26);1H. The van der Waals surface area contributed by atoms with Crippen LogP contribution >= 0.6 is 24.0 Å². The number of halogens is 1. The van der Waals surface area contributed by atoms with E-state index < -0.39 is 0 Å². The second-order valence-corrected chi connectivity index (χ2v) is 6.56. The van der Waals surface area contributed by atoms with Gasteiger partial charge in [-0.25, -0.2) is 4.99 Å². The highest BCUT2D eigenvalue weighted by atomic mass is 127. The lowest BCUT2D eigenvalue weighted by molar-refractivity contribution is 0.0773. The maximum absolute atomic E-state index is 12.4. The van der Waals surface area contributed by atoms with E-state index in [1.807, 2.05) is 68.1 Å². The van der Waals surface area contributed by atoms with E-state index in [1.54, 1.807) is 14.2 Å². The normalized spacial score (nSPS) is 10.7. The second-order valence-electron chi connectivity index (χ2n) is 6.56. The predicted octanol–water partition coefficient (Wildman–Crippen LogP) is 4.38. The Morgan fingerprint density at radius 3 is 2.16 bits per heavy atom. The number of hydrogen-bond donors (Lipinski definition) is 2. The average Bonchev–Trinajstić information content (AvgIpc) is 2.78. The van der Waals surface area contributed by atoms with Crippen LogP contribution in [0.3, 0.4) is 0 Å². The quantitative estimate of drug-likeness (QED) is 0.281. The number of nitrogens with zero attached hydrogens (tertiary/aromatic N) is 2. The minimum atomic E-state index is 0. The van der Waals surface area contributed by atoms with Gasteiger partial charge in [-0.15, -0.1) is 24.0 Å². The van der Waals surface area contributed by atoms with Crippen molar-refractivity contribution in [1.82, 2.24) is 10.2 Å². The van der Waals surface area contributed by atoms with Crippen LogP contribution in [0.1, 0.15) is 36.7 Å². The van der Waals surface area contributed by atoms with Gasteiger partial charge in [-0.3, -0.25) is 4.79 Å². The molecule has 0 saturated carbocycles. The minimum absolute atomic E-state index is 0. The molecular formula is C23H33IN4O3. The van der Waals surface area contributed by atoms with Gasteiger partial charge in [-0.2, -0.15) is 0 Å². The molecule has 0 unspecified atom stereocenters. The van der Waals surface area contributed by atoms with Crippen molar-refractivity contribution in [3.8, 4) is 11.5 Å². The zero-order chi connectivity index (χ0) is 21.9. The Morgan fingerprint density at radius 1 is 0.968 bits per heavy atom. The molecule has 0 aliphatic heterocycles. The van der Waals surface area contributed by atoms with Gasteiger partial charge in [0.05, 0.1) is 20.8 Å². The van der Waals surface area contributed by atoms with Crippen molar-refractivity contribution in [2.75, 3.05) is 39.2 Å². The Bertz CT molecular complexity index is 852. The monoisotopic (exact) mass is 540 g/mol. The smallest absolute Gasteiger partial charge is 0.253 e. The third kappa shape index (κ3) is 7.61. The van der Waals surface area contributed by atoms with Gasteiger partial charge in [0.2, 0.25) is 0 Å². The molecule has 0 fully saturated rings. The summed E-state index contributed by atoms with van der Waals surface area (Å²) in [5, 5.41) is 6.51. The molecule has 0 saturated heterocycles. The molecule has 0 atom stereocenters. The van der Waals surface area contributed by atoms with Crippen LogP contribution in [0.2, 0.25) is 0 Å². The fourth-order valence-electron chi connectivity index (χ4n) is 2.97. The fourth-order valence-corrected chi connectivity index (χ4v) is 2.97. The highest BCUT2D eigenvalue weighted by Crippen LogP contribution is 2.29. The van der Waals surface area contributed by atoms with E-state index in [1.165, 1.54) is 0 Å². The molecule has 31 heavy (non-hydrogen) atoms. The Morgan fingerprint density at radius 2 is 1.61 bits per heavy atom. The van der Waals surface area contributed by atoms with Crippen molar-refractivity contribution < 1.29 is 14.3 Å². The van der Waals surface area contributed by atoms with Crippen molar-refractivity contribution in [2.24, 2.45) is 4.99 Å². The molecule has 0 aromatic heterocycles. The number of carbonyl (C=O) groups excluding carboxylic acids is 1. The molecule has 1 amide bonds. The van der Waals surface area contributed by atoms with Gasteiger partial charge in [0.1, 0.15) is 0 Å². The van der Waals surface area contributed by atoms with Crippen LogP contribution in [0.25, 0.3) is 0 Å². The Kier molecular flexibility index (Phi) is 11.8. The summed E-state index contributed by atoms with van der Waals surface area (Å²) in [6.45, 7) is 8.61. The Hall–Kier alpha value is -2.49. The molecule has 170 valence electrons. The van der Waals surface area contributed by atoms with Crippen LogP contribution in [-0.4, -0.2) is 50.6 Å². The van der Waals surface area contributed by atoms with E-state index in [2.05, 4.69) is 15.6 Å². The second kappa shape index (κ2) is 13.7. The molecule has 2 aromatic carbocycles. The first-order chi connectivity index (χ1) is 14.6. The molecule has 0 heterocycles.